The van der Waals surface area contributed by atoms with E-state index in [1.54, 1.807) is 30.5 Å². The molecule has 0 aliphatic heterocycles. The van der Waals surface area contributed by atoms with E-state index in [2.05, 4.69) is 10.3 Å². The molecule has 1 N–H and O–H groups in total. The van der Waals surface area contributed by atoms with Gasteiger partial charge in [-0.3, -0.25) is 4.79 Å². The summed E-state index contributed by atoms with van der Waals surface area (Å²) in [6.07, 6.45) is 7.61. The summed E-state index contributed by atoms with van der Waals surface area (Å²) in [4.78, 5) is 17.0. The number of rotatable bonds is 4. The van der Waals surface area contributed by atoms with Gasteiger partial charge in [0.15, 0.2) is 0 Å². The molecule has 0 unspecified atom stereocenters. The molecule has 0 bridgehead atoms. The van der Waals surface area contributed by atoms with Gasteiger partial charge in [0.05, 0.1) is 5.56 Å². The second-order valence-electron chi connectivity index (χ2n) is 7.42. The minimum absolute atomic E-state index is 0.112. The van der Waals surface area contributed by atoms with E-state index in [9.17, 15) is 4.79 Å². The Bertz CT molecular complexity index is 997. The first-order chi connectivity index (χ1) is 13.6. The van der Waals surface area contributed by atoms with Crippen molar-refractivity contribution in [3.8, 4) is 0 Å². The molecule has 3 aromatic rings. The number of hydrogen-bond acceptors (Lipinski definition) is 2. The summed E-state index contributed by atoms with van der Waals surface area (Å²) in [5.41, 5.74) is 1.97. The van der Waals surface area contributed by atoms with Gasteiger partial charge in [0, 0.05) is 17.6 Å². The van der Waals surface area contributed by atoms with E-state index in [0.717, 1.165) is 42.2 Å². The molecule has 4 rings (SSSR count). The van der Waals surface area contributed by atoms with Crippen LogP contribution in [0.2, 0.25) is 5.15 Å². The maximum atomic E-state index is 15.2. The second-order valence-corrected chi connectivity index (χ2v) is 7.80. The van der Waals surface area contributed by atoms with Gasteiger partial charge in [0.2, 0.25) is 0 Å². The fourth-order valence-corrected chi connectivity index (χ4v) is 4.08. The molecule has 0 atom stereocenters. The molecule has 1 saturated carbocycles. The van der Waals surface area contributed by atoms with Crippen molar-refractivity contribution in [2.45, 2.75) is 44.6 Å². The molecular weight excluding hydrogens is 375 g/mol. The highest BCUT2D eigenvalue weighted by molar-refractivity contribution is 6.29. The van der Waals surface area contributed by atoms with Gasteiger partial charge < -0.3 is 5.32 Å². The number of carbonyl (C=O) groups is 1. The van der Waals surface area contributed by atoms with E-state index in [1.165, 1.54) is 6.42 Å². The lowest BCUT2D eigenvalue weighted by Crippen LogP contribution is -2.36. The zero-order valence-corrected chi connectivity index (χ0v) is 16.3. The average molecular weight is 397 g/mol. The molecule has 3 nitrogen and oxygen atoms in total. The molecule has 1 aromatic heterocycles. The smallest absolute Gasteiger partial charge is 0.254 e. The van der Waals surface area contributed by atoms with E-state index in [0.29, 0.717) is 17.0 Å². The normalized spacial score (nSPS) is 14.9. The highest BCUT2D eigenvalue weighted by Gasteiger charge is 2.21. The van der Waals surface area contributed by atoms with Crippen LogP contribution in [0.25, 0.3) is 10.8 Å². The number of aromatic nitrogens is 1. The number of carbonyl (C=O) groups excluding carboxylic acids is 1. The van der Waals surface area contributed by atoms with Gasteiger partial charge in [0.1, 0.15) is 11.0 Å². The number of pyridine rings is 1. The van der Waals surface area contributed by atoms with Crippen LogP contribution in [0.1, 0.15) is 53.6 Å². The lowest BCUT2D eigenvalue weighted by molar-refractivity contribution is 0.0924. The van der Waals surface area contributed by atoms with Crippen molar-refractivity contribution in [2.75, 3.05) is 0 Å². The second kappa shape index (κ2) is 8.27. The third kappa shape index (κ3) is 4.02. The first kappa shape index (κ1) is 18.9. The lowest BCUT2D eigenvalue weighted by atomic mass is 9.93. The van der Waals surface area contributed by atoms with Crippen molar-refractivity contribution in [3.05, 3.63) is 76.3 Å². The summed E-state index contributed by atoms with van der Waals surface area (Å²) in [6.45, 7) is 0. The van der Waals surface area contributed by atoms with Crippen LogP contribution in [0.5, 0.6) is 0 Å². The quantitative estimate of drug-likeness (QED) is 0.576. The van der Waals surface area contributed by atoms with Crippen LogP contribution in [-0.4, -0.2) is 16.9 Å². The first-order valence-corrected chi connectivity index (χ1v) is 10.1. The maximum Gasteiger partial charge on any atom is 0.254 e. The maximum absolute atomic E-state index is 15.2. The third-order valence-corrected chi connectivity index (χ3v) is 5.66. The van der Waals surface area contributed by atoms with Crippen molar-refractivity contribution < 1.29 is 9.18 Å². The highest BCUT2D eigenvalue weighted by atomic mass is 35.5. The third-order valence-electron chi connectivity index (χ3n) is 5.43. The zero-order valence-electron chi connectivity index (χ0n) is 15.6. The number of halogens is 2. The van der Waals surface area contributed by atoms with Crippen LogP contribution in [0.15, 0.2) is 48.7 Å². The molecule has 1 fully saturated rings. The molecule has 0 radical (unpaired) electrons. The monoisotopic (exact) mass is 396 g/mol. The number of hydrogen-bond donors (Lipinski definition) is 1. The number of nitrogens with one attached hydrogen (secondary N) is 1. The summed E-state index contributed by atoms with van der Waals surface area (Å²) >= 11 is 5.88. The molecule has 144 valence electrons. The van der Waals surface area contributed by atoms with Crippen LogP contribution >= 0.6 is 11.6 Å². The summed E-state index contributed by atoms with van der Waals surface area (Å²) < 4.78 is 15.2. The number of benzene rings is 2. The van der Waals surface area contributed by atoms with E-state index in [1.807, 2.05) is 18.2 Å². The Kier molecular flexibility index (Phi) is 5.58. The predicted molar refractivity (Wildman–Crippen MR) is 110 cm³/mol. The van der Waals surface area contributed by atoms with Gasteiger partial charge in [-0.25, -0.2) is 9.37 Å². The van der Waals surface area contributed by atoms with Crippen LogP contribution in [-0.2, 0) is 6.42 Å². The summed E-state index contributed by atoms with van der Waals surface area (Å²) in [6, 6.07) is 12.7. The van der Waals surface area contributed by atoms with Crippen molar-refractivity contribution in [1.29, 1.82) is 0 Å². The van der Waals surface area contributed by atoms with E-state index in [4.69, 9.17) is 11.6 Å². The number of amides is 1. The molecule has 1 aliphatic rings. The summed E-state index contributed by atoms with van der Waals surface area (Å²) in [5.74, 6) is -0.785. The Hall–Kier alpha value is -2.46. The summed E-state index contributed by atoms with van der Waals surface area (Å²) in [7, 11) is 0. The van der Waals surface area contributed by atoms with Crippen molar-refractivity contribution in [2.24, 2.45) is 0 Å². The Labute approximate surface area is 168 Å². The minimum atomic E-state index is -0.457. The van der Waals surface area contributed by atoms with E-state index in [-0.39, 0.29) is 17.5 Å². The first-order valence-electron chi connectivity index (χ1n) is 9.73. The van der Waals surface area contributed by atoms with Crippen molar-refractivity contribution in [1.82, 2.24) is 10.3 Å². The SMILES string of the molecule is O=C(NC1CCCCC1)c1cc(Cc2ccc(Cl)nc2)c2ccccc2c1F. The van der Waals surface area contributed by atoms with Gasteiger partial charge in [-0.05, 0) is 47.9 Å². The van der Waals surface area contributed by atoms with Gasteiger partial charge >= 0.3 is 0 Å². The average Bonchev–Trinajstić information content (AvgIpc) is 2.72. The largest absolute Gasteiger partial charge is 0.349 e. The Morgan fingerprint density at radius 2 is 1.86 bits per heavy atom. The van der Waals surface area contributed by atoms with Crippen LogP contribution < -0.4 is 5.32 Å². The van der Waals surface area contributed by atoms with E-state index >= 15 is 4.39 Å². The van der Waals surface area contributed by atoms with Gasteiger partial charge in [-0.2, -0.15) is 0 Å². The fraction of sp³-hybridized carbons (Fsp3) is 0.304. The van der Waals surface area contributed by atoms with Gasteiger partial charge in [0.25, 0.3) is 5.91 Å². The topological polar surface area (TPSA) is 42.0 Å². The minimum Gasteiger partial charge on any atom is -0.349 e. The standard InChI is InChI=1S/C23H22ClFN2O/c24-21-11-10-15(14-26-21)12-16-13-20(22(25)19-9-5-4-8-18(16)19)23(28)27-17-6-2-1-3-7-17/h4-5,8-11,13-14,17H,1-3,6-7,12H2,(H,27,28). The van der Waals surface area contributed by atoms with Crippen LogP contribution in [0.4, 0.5) is 4.39 Å². The molecule has 1 aliphatic carbocycles. The molecule has 28 heavy (non-hydrogen) atoms. The molecule has 0 spiro atoms. The molecule has 2 aromatic carbocycles. The Morgan fingerprint density at radius 3 is 2.57 bits per heavy atom. The Balaban J connectivity index is 1.71. The lowest BCUT2D eigenvalue weighted by Gasteiger charge is -2.23. The number of fused-ring (bicyclic) bond motifs is 1. The molecular formula is C23H22ClFN2O. The summed E-state index contributed by atoms with van der Waals surface area (Å²) in [5, 5.41) is 4.74. The van der Waals surface area contributed by atoms with Gasteiger partial charge in [-0.15, -0.1) is 0 Å². The Morgan fingerprint density at radius 1 is 1.11 bits per heavy atom. The van der Waals surface area contributed by atoms with Gasteiger partial charge in [-0.1, -0.05) is 61.2 Å². The predicted octanol–water partition coefficient (Wildman–Crippen LogP) is 5.68. The van der Waals surface area contributed by atoms with Crippen LogP contribution in [0, 0.1) is 5.82 Å². The van der Waals surface area contributed by atoms with Crippen molar-refractivity contribution >= 4 is 28.3 Å². The van der Waals surface area contributed by atoms with E-state index < -0.39 is 5.82 Å². The zero-order chi connectivity index (χ0) is 19.5. The highest BCUT2D eigenvalue weighted by Crippen LogP contribution is 2.28. The van der Waals surface area contributed by atoms with Crippen LogP contribution in [0.3, 0.4) is 0 Å². The molecule has 1 heterocycles. The molecule has 1 amide bonds. The fourth-order valence-electron chi connectivity index (χ4n) is 3.97. The molecule has 0 saturated heterocycles. The molecule has 5 heteroatoms. The van der Waals surface area contributed by atoms with Crippen molar-refractivity contribution in [3.63, 3.8) is 0 Å². The number of nitrogens with zero attached hydrogens (tertiary/aromatic N) is 1.